The molecule has 0 radical (unpaired) electrons. The SMILES string of the molecule is C#CN(Nc1cc(OC)ccc1[N+](=O)[O-])C(=O)OC(C)(C)C. The lowest BCUT2D eigenvalue weighted by Crippen LogP contribution is -2.37. The molecule has 0 fully saturated rings. The molecule has 8 heteroatoms. The molecule has 0 saturated heterocycles. The Bertz CT molecular complexity index is 616. The third kappa shape index (κ3) is 4.56. The van der Waals surface area contributed by atoms with Gasteiger partial charge in [-0.1, -0.05) is 6.42 Å². The molecule has 0 aliphatic rings. The number of hydrogen-bond acceptors (Lipinski definition) is 6. The molecule has 8 nitrogen and oxygen atoms in total. The van der Waals surface area contributed by atoms with Gasteiger partial charge in [0.05, 0.1) is 12.0 Å². The molecule has 0 unspecified atom stereocenters. The average molecular weight is 307 g/mol. The molecule has 0 aliphatic heterocycles. The number of anilines is 1. The van der Waals surface area contributed by atoms with Gasteiger partial charge in [0.25, 0.3) is 5.69 Å². The van der Waals surface area contributed by atoms with Gasteiger partial charge in [0.2, 0.25) is 0 Å². The predicted molar refractivity (Wildman–Crippen MR) is 80.2 cm³/mol. The van der Waals surface area contributed by atoms with Crippen LogP contribution in [0.4, 0.5) is 16.2 Å². The monoisotopic (exact) mass is 307 g/mol. The first kappa shape index (κ1) is 17.1. The zero-order chi connectivity index (χ0) is 16.9. The van der Waals surface area contributed by atoms with Crippen molar-refractivity contribution in [3.8, 4) is 18.2 Å². The standard InChI is InChI=1S/C14H17N3O5/c1-6-16(13(18)22-14(2,3)4)15-11-9-10(21-5)7-8-12(11)17(19)20/h1,7-9,15H,2-5H3. The van der Waals surface area contributed by atoms with Crippen LogP contribution >= 0.6 is 0 Å². The normalized spacial score (nSPS) is 10.3. The van der Waals surface area contributed by atoms with E-state index in [0.29, 0.717) is 10.8 Å². The maximum Gasteiger partial charge on any atom is 0.441 e. The lowest BCUT2D eigenvalue weighted by molar-refractivity contribution is -0.384. The van der Waals surface area contributed by atoms with Gasteiger partial charge in [0.1, 0.15) is 17.0 Å². The van der Waals surface area contributed by atoms with Gasteiger partial charge >= 0.3 is 6.09 Å². The highest BCUT2D eigenvalue weighted by Crippen LogP contribution is 2.29. The van der Waals surface area contributed by atoms with E-state index in [1.807, 2.05) is 0 Å². The van der Waals surface area contributed by atoms with E-state index in [1.54, 1.807) is 20.8 Å². The van der Waals surface area contributed by atoms with E-state index < -0.39 is 16.6 Å². The molecule has 0 saturated carbocycles. The van der Waals surface area contributed by atoms with E-state index in [-0.39, 0.29) is 11.4 Å². The van der Waals surface area contributed by atoms with Crippen molar-refractivity contribution in [1.29, 1.82) is 0 Å². The van der Waals surface area contributed by atoms with Gasteiger partial charge < -0.3 is 9.47 Å². The minimum Gasteiger partial charge on any atom is -0.497 e. The Morgan fingerprint density at radius 2 is 2.09 bits per heavy atom. The summed E-state index contributed by atoms with van der Waals surface area (Å²) in [5.41, 5.74) is 1.47. The number of benzene rings is 1. The summed E-state index contributed by atoms with van der Waals surface area (Å²) in [7, 11) is 1.41. The highest BCUT2D eigenvalue weighted by atomic mass is 16.6. The van der Waals surface area contributed by atoms with Gasteiger partial charge in [-0.05, 0) is 26.8 Å². The Morgan fingerprint density at radius 1 is 1.45 bits per heavy atom. The number of ether oxygens (including phenoxy) is 2. The second-order valence-electron chi connectivity index (χ2n) is 5.20. The molecule has 0 aliphatic carbocycles. The van der Waals surface area contributed by atoms with E-state index in [4.69, 9.17) is 15.9 Å². The highest BCUT2D eigenvalue weighted by molar-refractivity contribution is 5.74. The zero-order valence-electron chi connectivity index (χ0n) is 12.7. The van der Waals surface area contributed by atoms with Crippen LogP contribution in [0.2, 0.25) is 0 Å². The van der Waals surface area contributed by atoms with Crippen molar-refractivity contribution in [2.24, 2.45) is 0 Å². The highest BCUT2D eigenvalue weighted by Gasteiger charge is 2.24. The Balaban J connectivity index is 3.07. The number of amides is 1. The molecule has 0 heterocycles. The van der Waals surface area contributed by atoms with Crippen LogP contribution in [0, 0.1) is 22.6 Å². The van der Waals surface area contributed by atoms with Crippen molar-refractivity contribution in [1.82, 2.24) is 5.01 Å². The minimum atomic E-state index is -0.855. The quantitative estimate of drug-likeness (QED) is 0.398. The number of rotatable bonds is 4. The van der Waals surface area contributed by atoms with E-state index >= 15 is 0 Å². The minimum absolute atomic E-state index is 0.00755. The molecule has 0 spiro atoms. The molecular weight excluding hydrogens is 290 g/mol. The third-order valence-corrected chi connectivity index (χ3v) is 2.34. The summed E-state index contributed by atoms with van der Waals surface area (Å²) in [6.07, 6.45) is 4.39. The first-order valence-corrected chi connectivity index (χ1v) is 6.26. The van der Waals surface area contributed by atoms with Crippen molar-refractivity contribution in [3.63, 3.8) is 0 Å². The summed E-state index contributed by atoms with van der Waals surface area (Å²) in [6, 6.07) is 6.08. The number of terminal acetylenes is 1. The molecule has 1 amide bonds. The van der Waals surface area contributed by atoms with Gasteiger partial charge in [-0.3, -0.25) is 15.5 Å². The first-order valence-electron chi connectivity index (χ1n) is 6.26. The summed E-state index contributed by atoms with van der Waals surface area (Å²) in [4.78, 5) is 22.4. The van der Waals surface area contributed by atoms with E-state index in [9.17, 15) is 14.9 Å². The van der Waals surface area contributed by atoms with E-state index in [2.05, 4.69) is 11.5 Å². The molecule has 22 heavy (non-hydrogen) atoms. The fourth-order valence-corrected chi connectivity index (χ4v) is 1.45. The van der Waals surface area contributed by atoms with Gasteiger partial charge in [-0.15, -0.1) is 5.01 Å². The fraction of sp³-hybridized carbons (Fsp3) is 0.357. The van der Waals surface area contributed by atoms with Crippen molar-refractivity contribution >= 4 is 17.5 Å². The Kier molecular flexibility index (Phi) is 5.18. The molecule has 0 atom stereocenters. The molecule has 118 valence electrons. The summed E-state index contributed by atoms with van der Waals surface area (Å²) in [6.45, 7) is 5.02. The topological polar surface area (TPSA) is 93.9 Å². The fourth-order valence-electron chi connectivity index (χ4n) is 1.45. The van der Waals surface area contributed by atoms with Crippen LogP contribution in [-0.2, 0) is 4.74 Å². The Morgan fingerprint density at radius 3 is 2.55 bits per heavy atom. The van der Waals surface area contributed by atoms with Crippen LogP contribution < -0.4 is 10.2 Å². The second kappa shape index (κ2) is 6.67. The summed E-state index contributed by atoms with van der Waals surface area (Å²) in [5, 5.41) is 11.7. The maximum absolute atomic E-state index is 11.9. The average Bonchev–Trinajstić information content (AvgIpc) is 2.42. The Hall–Kier alpha value is -2.95. The van der Waals surface area contributed by atoms with Crippen molar-refractivity contribution in [2.75, 3.05) is 12.5 Å². The summed E-state index contributed by atoms with van der Waals surface area (Å²) < 4.78 is 10.1. The molecule has 0 aromatic heterocycles. The first-order chi connectivity index (χ1) is 10.2. The zero-order valence-corrected chi connectivity index (χ0v) is 12.7. The molecular formula is C14H17N3O5. The largest absolute Gasteiger partial charge is 0.497 e. The Labute approximate surface area is 128 Å². The number of carbonyl (C=O) groups excluding carboxylic acids is 1. The van der Waals surface area contributed by atoms with Crippen LogP contribution in [0.3, 0.4) is 0 Å². The number of nitrogens with one attached hydrogen (secondary N) is 1. The van der Waals surface area contributed by atoms with Crippen LogP contribution in [0.25, 0.3) is 0 Å². The number of methoxy groups -OCH3 is 1. The van der Waals surface area contributed by atoms with Crippen LogP contribution in [0.15, 0.2) is 18.2 Å². The number of hydrazine groups is 1. The third-order valence-electron chi connectivity index (χ3n) is 2.34. The number of carbonyl (C=O) groups is 1. The van der Waals surface area contributed by atoms with Gasteiger partial charge in [0, 0.05) is 18.2 Å². The van der Waals surface area contributed by atoms with Gasteiger partial charge in [-0.2, -0.15) is 0 Å². The predicted octanol–water partition coefficient (Wildman–Crippen LogP) is 2.76. The van der Waals surface area contributed by atoms with Crippen molar-refractivity contribution in [2.45, 2.75) is 26.4 Å². The van der Waals surface area contributed by atoms with Crippen LogP contribution in [0.5, 0.6) is 5.75 Å². The maximum atomic E-state index is 11.9. The van der Waals surface area contributed by atoms with Gasteiger partial charge in [0.15, 0.2) is 0 Å². The molecule has 1 aromatic carbocycles. The van der Waals surface area contributed by atoms with Crippen LogP contribution in [0.1, 0.15) is 20.8 Å². The molecule has 1 aromatic rings. The number of nitro groups is 1. The van der Waals surface area contributed by atoms with Crippen molar-refractivity contribution < 1.29 is 19.2 Å². The summed E-state index contributed by atoms with van der Waals surface area (Å²) >= 11 is 0. The summed E-state index contributed by atoms with van der Waals surface area (Å²) in [5.74, 6) is 0.370. The van der Waals surface area contributed by atoms with Crippen LogP contribution in [-0.4, -0.2) is 28.7 Å². The van der Waals surface area contributed by atoms with E-state index in [0.717, 1.165) is 0 Å². The molecule has 0 bridgehead atoms. The smallest absolute Gasteiger partial charge is 0.441 e. The number of nitrogens with zero attached hydrogens (tertiary/aromatic N) is 2. The molecule has 1 N–H and O–H groups in total. The lowest BCUT2D eigenvalue weighted by Gasteiger charge is -2.24. The van der Waals surface area contributed by atoms with Crippen molar-refractivity contribution in [3.05, 3.63) is 28.3 Å². The second-order valence-corrected chi connectivity index (χ2v) is 5.20. The molecule has 1 rings (SSSR count). The van der Waals surface area contributed by atoms with Gasteiger partial charge in [-0.25, -0.2) is 4.79 Å². The lowest BCUT2D eigenvalue weighted by atomic mass is 10.2. The number of hydrogen-bond donors (Lipinski definition) is 1. The number of nitro benzene ring substituents is 1. The van der Waals surface area contributed by atoms with E-state index in [1.165, 1.54) is 25.3 Å².